The molecule has 4 unspecified atom stereocenters. The maximum absolute atomic E-state index is 14.1. The summed E-state index contributed by atoms with van der Waals surface area (Å²) in [7, 11) is 1.32. The summed E-state index contributed by atoms with van der Waals surface area (Å²) in [6, 6.07) is 17.3. The number of carbonyl (C=O) groups excluding carboxylic acids is 4. The summed E-state index contributed by atoms with van der Waals surface area (Å²) >= 11 is 0. The topological polar surface area (TPSA) is 296 Å². The molecule has 0 spiro atoms. The van der Waals surface area contributed by atoms with E-state index in [1.807, 2.05) is 42.5 Å². The van der Waals surface area contributed by atoms with Gasteiger partial charge in [0, 0.05) is 58.5 Å². The average Bonchev–Trinajstić information content (AvgIpc) is 3.44. The second-order valence-corrected chi connectivity index (χ2v) is 20.7. The molecule has 4 aromatic carbocycles. The van der Waals surface area contributed by atoms with Gasteiger partial charge < -0.3 is 61.3 Å². The lowest BCUT2D eigenvalue weighted by molar-refractivity contribution is -0.249. The number of fused-ring (bicyclic) bond motifs is 4. The van der Waals surface area contributed by atoms with E-state index in [0.717, 1.165) is 79.4 Å². The number of phenolic OH excluding ortho intramolecular Hbond substituents is 2. The minimum Gasteiger partial charge on any atom is -0.507 e. The van der Waals surface area contributed by atoms with E-state index in [4.69, 9.17) is 40.6 Å². The lowest BCUT2D eigenvalue weighted by Crippen LogP contribution is -2.56. The number of rotatable bonds is 10. The molecule has 5 aromatic rings. The molecular formula is C58H63N5O13. The van der Waals surface area contributed by atoms with E-state index in [1.165, 1.54) is 36.4 Å². The van der Waals surface area contributed by atoms with Gasteiger partial charge in [-0.25, -0.2) is 4.79 Å². The molecule has 18 nitrogen and oxygen atoms in total. The first-order valence-electron chi connectivity index (χ1n) is 26.1. The number of aromatic nitrogens is 2. The molecule has 10 N–H and O–H groups in total. The quantitative estimate of drug-likeness (QED) is 0.0389. The molecule has 0 radical (unpaired) electrons. The number of alkyl carbamates (subject to hydrolysis) is 1. The second kappa shape index (κ2) is 21.4. The normalized spacial score (nSPS) is 25.7. The number of carbonyl (C=O) groups is 4. The van der Waals surface area contributed by atoms with Crippen LogP contribution in [0, 0.1) is 0 Å². The van der Waals surface area contributed by atoms with Crippen LogP contribution in [0.5, 0.6) is 17.2 Å². The van der Waals surface area contributed by atoms with Crippen LogP contribution in [0.15, 0.2) is 72.8 Å². The van der Waals surface area contributed by atoms with Crippen molar-refractivity contribution >= 4 is 34.8 Å². The van der Waals surface area contributed by atoms with Crippen LogP contribution in [0.3, 0.4) is 0 Å². The number of hydrogen-bond acceptors (Lipinski definition) is 17. The predicted molar refractivity (Wildman–Crippen MR) is 279 cm³/mol. The van der Waals surface area contributed by atoms with Crippen LogP contribution in [0.1, 0.15) is 143 Å². The van der Waals surface area contributed by atoms with Crippen molar-refractivity contribution in [1.29, 1.82) is 0 Å². The van der Waals surface area contributed by atoms with Crippen LogP contribution in [0.2, 0.25) is 0 Å². The number of para-hydroxylation sites is 1. The van der Waals surface area contributed by atoms with Crippen LogP contribution >= 0.6 is 0 Å². The smallest absolute Gasteiger partial charge is 0.408 e. The Morgan fingerprint density at radius 2 is 1.53 bits per heavy atom. The van der Waals surface area contributed by atoms with E-state index >= 15 is 0 Å². The minimum absolute atomic E-state index is 0.0607. The first-order chi connectivity index (χ1) is 36.6. The van der Waals surface area contributed by atoms with E-state index < -0.39 is 108 Å². The molecule has 1 amide bonds. The van der Waals surface area contributed by atoms with E-state index in [9.17, 15) is 44.7 Å². The van der Waals surface area contributed by atoms with Crippen molar-refractivity contribution in [2.45, 2.75) is 139 Å². The van der Waals surface area contributed by atoms with Gasteiger partial charge in [0.15, 0.2) is 17.9 Å². The lowest BCUT2D eigenvalue weighted by atomic mass is 9.72. The number of aromatic hydroxyl groups is 2. The highest BCUT2D eigenvalue weighted by atomic mass is 16.7. The number of nitrogens with one attached hydrogen (secondary N) is 1. The average molecular weight is 1040 g/mol. The Morgan fingerprint density at radius 3 is 2.22 bits per heavy atom. The van der Waals surface area contributed by atoms with Gasteiger partial charge in [-0.3, -0.25) is 14.4 Å². The number of Topliss-reactive ketones (excluding diaryl/α,β-unsaturated/α-hetero) is 1. The third-order valence-electron chi connectivity index (χ3n) is 15.9. The Labute approximate surface area is 439 Å². The van der Waals surface area contributed by atoms with Gasteiger partial charge in [0.2, 0.25) is 5.78 Å². The third-order valence-corrected chi connectivity index (χ3v) is 15.9. The summed E-state index contributed by atoms with van der Waals surface area (Å²) in [4.78, 5) is 54.7. The molecule has 0 saturated carbocycles. The van der Waals surface area contributed by atoms with Crippen LogP contribution < -0.4 is 21.5 Å². The van der Waals surface area contributed by atoms with Gasteiger partial charge in [-0.1, -0.05) is 61.4 Å². The highest BCUT2D eigenvalue weighted by Crippen LogP contribution is 2.53. The Bertz CT molecular complexity index is 3160. The number of phenols is 2. The summed E-state index contributed by atoms with van der Waals surface area (Å²) in [6.07, 6.45) is 5.01. The zero-order valence-corrected chi connectivity index (χ0v) is 42.4. The monoisotopic (exact) mass is 1040 g/mol. The molecule has 5 aliphatic rings. The summed E-state index contributed by atoms with van der Waals surface area (Å²) in [6.45, 7) is 0.465. The Kier molecular flexibility index (Phi) is 14.7. The van der Waals surface area contributed by atoms with Gasteiger partial charge >= 0.3 is 6.09 Å². The van der Waals surface area contributed by atoms with Crippen LogP contribution in [-0.2, 0) is 38.3 Å². The van der Waals surface area contributed by atoms with E-state index in [0.29, 0.717) is 24.2 Å². The number of ether oxygens (including phenoxy) is 4. The van der Waals surface area contributed by atoms with E-state index in [-0.39, 0.29) is 40.3 Å². The molecule has 4 aliphatic carbocycles. The molecule has 398 valence electrons. The first kappa shape index (κ1) is 52.2. The number of nitrogens with two attached hydrogens (primary N) is 2. The number of nitrogen functional groups attached to an aromatic ring is 2. The lowest BCUT2D eigenvalue weighted by Gasteiger charge is -2.42. The molecule has 76 heavy (non-hydrogen) atoms. The fourth-order valence-corrected chi connectivity index (χ4v) is 12.0. The number of methoxy groups -OCH3 is 1. The fourth-order valence-electron chi connectivity index (χ4n) is 12.0. The number of nitrogens with zero attached hydrogens (tertiary/aromatic N) is 2. The van der Waals surface area contributed by atoms with Crippen molar-refractivity contribution in [2.24, 2.45) is 0 Å². The van der Waals surface area contributed by atoms with Gasteiger partial charge in [-0.2, -0.15) is 0 Å². The van der Waals surface area contributed by atoms with Gasteiger partial charge in [0.25, 0.3) is 0 Å². The van der Waals surface area contributed by atoms with Crippen molar-refractivity contribution in [3.05, 3.63) is 123 Å². The second-order valence-electron chi connectivity index (χ2n) is 20.7. The molecule has 0 bridgehead atoms. The number of amides is 1. The number of hydrogen-bond donors (Lipinski definition) is 8. The maximum Gasteiger partial charge on any atom is 0.408 e. The van der Waals surface area contributed by atoms with Gasteiger partial charge in [-0.15, -0.1) is 10.2 Å². The van der Waals surface area contributed by atoms with Crippen molar-refractivity contribution < 1.29 is 63.7 Å². The Balaban J connectivity index is 0.820. The Hall–Kier alpha value is -7.22. The summed E-state index contributed by atoms with van der Waals surface area (Å²) in [5.41, 5.74) is 17.4. The molecule has 18 heteroatoms. The molecule has 1 aromatic heterocycles. The number of benzene rings is 4. The maximum atomic E-state index is 14.1. The molecule has 10 rings (SSSR count). The molecule has 1 aliphatic heterocycles. The number of aliphatic hydroxyl groups excluding tert-OH is 2. The molecule has 2 heterocycles. The third kappa shape index (κ3) is 9.68. The number of allylic oxidation sites excluding steroid dienone is 1. The van der Waals surface area contributed by atoms with Crippen LogP contribution in [0.4, 0.5) is 16.2 Å². The predicted octanol–water partition coefficient (Wildman–Crippen LogP) is 7.00. The van der Waals surface area contributed by atoms with E-state index in [2.05, 4.69) is 17.4 Å². The van der Waals surface area contributed by atoms with Gasteiger partial charge in [0.1, 0.15) is 41.7 Å². The molecule has 1 saturated heterocycles. The summed E-state index contributed by atoms with van der Waals surface area (Å²) in [5, 5.41) is 68.9. The number of ketones is 3. The summed E-state index contributed by atoms with van der Waals surface area (Å²) in [5.74, 6) is -3.92. The number of aliphatic hydroxyl groups is 3. The minimum atomic E-state index is -2.36. The van der Waals surface area contributed by atoms with E-state index in [1.54, 1.807) is 6.92 Å². The molecular weight excluding hydrogens is 975 g/mol. The first-order valence-corrected chi connectivity index (χ1v) is 26.1. The highest BCUT2D eigenvalue weighted by molar-refractivity contribution is 6.31. The van der Waals surface area contributed by atoms with Gasteiger partial charge in [0.05, 0.1) is 53.4 Å². The zero-order chi connectivity index (χ0) is 53.6. The Morgan fingerprint density at radius 1 is 0.829 bits per heavy atom. The van der Waals surface area contributed by atoms with Crippen molar-refractivity contribution in [1.82, 2.24) is 15.5 Å². The standard InChI is InChI=1S/C58H63N5O13/c1-29-52(66)41(25-45(74-29)76-43-27-58(72,44(65)28-64)26-38-47(43)56(70)49-48(54(38)68)53(67)37-19-11-21-42(73-2)46(37)55(49)69)61-57(71)75-32-14-9-12-30(13-10-15-32)31-22-23-36(40(60)24-31)51-34-17-6-4-3-5-16-33(34)50(62-63-51)35-18-7-8-20-39(35)59/h7-9,11,14,18-24,29-30,32,41,43,45,52,64,66,68,70,72H,3-6,10,12-13,15-17,25-28,59-60H2,1-2H3,(H,61,71)/b14-9+/t29?,30?,32?,41?,43-,45-,52+,58-/m0/s1. The largest absolute Gasteiger partial charge is 0.507 e. The van der Waals surface area contributed by atoms with Crippen molar-refractivity contribution in [2.75, 3.05) is 25.2 Å². The van der Waals surface area contributed by atoms with Crippen LogP contribution in [-0.4, -0.2) is 109 Å². The molecule has 1 fully saturated rings. The van der Waals surface area contributed by atoms with Crippen molar-refractivity contribution in [3.8, 4) is 39.8 Å². The zero-order valence-electron chi connectivity index (χ0n) is 42.4. The fraction of sp³-hybridized carbons (Fsp3) is 0.414. The SMILES string of the molecule is COc1cccc2c1C(=O)c1c(O)c3c(c(O)c1C2=O)C[C@@](O)(C(=O)CO)C[C@@H]3O[C@H]1CC(NC(=O)OC2/C=C/CC(c3ccc(-c4nnc(-c5ccccc5N)c5c4CCCCCC5)c(N)c3)CCC2)[C@H](O)C(C)O1. The van der Waals surface area contributed by atoms with Crippen molar-refractivity contribution in [3.63, 3.8) is 0 Å². The molecule has 8 atom stereocenters. The number of anilines is 2. The van der Waals surface area contributed by atoms with Gasteiger partial charge in [-0.05, 0) is 105 Å². The van der Waals surface area contributed by atoms with Crippen LogP contribution in [0.25, 0.3) is 22.5 Å². The summed E-state index contributed by atoms with van der Waals surface area (Å²) < 4.78 is 23.6. The highest BCUT2D eigenvalue weighted by Gasteiger charge is 2.50.